The minimum Gasteiger partial charge on any atom is -0.356 e. The van der Waals surface area contributed by atoms with Crippen LogP contribution in [0.4, 0.5) is 0 Å². The molecule has 0 aliphatic carbocycles. The molecule has 13 heavy (non-hydrogen) atoms. The van der Waals surface area contributed by atoms with Crippen LogP contribution >= 0.6 is 0 Å². The Hall–Kier alpha value is -0.410. The van der Waals surface area contributed by atoms with Crippen LogP contribution in [0.25, 0.3) is 0 Å². The van der Waals surface area contributed by atoms with Gasteiger partial charge < -0.3 is 14.3 Å². The fourth-order valence-electron chi connectivity index (χ4n) is 0.671. The summed E-state index contributed by atoms with van der Waals surface area (Å²) in [6, 6.07) is 0. The van der Waals surface area contributed by atoms with Crippen molar-refractivity contribution in [3.8, 4) is 0 Å². The molecule has 0 atom stereocenters. The van der Waals surface area contributed by atoms with Crippen LogP contribution in [-0.4, -0.2) is 26.3 Å². The summed E-state index contributed by atoms with van der Waals surface area (Å²) >= 11 is 0. The summed E-state index contributed by atoms with van der Waals surface area (Å²) in [7, 11) is 3.21. The molecule has 3 heteroatoms. The third-order valence-electron chi connectivity index (χ3n) is 1.36. The summed E-state index contributed by atoms with van der Waals surface area (Å²) in [6.07, 6.45) is 0.657. The molecule has 0 fully saturated rings. The molecule has 0 aromatic heterocycles. The van der Waals surface area contributed by atoms with Crippen molar-refractivity contribution >= 4 is 5.78 Å². The molecule has 0 N–H and O–H groups in total. The van der Waals surface area contributed by atoms with Gasteiger partial charge in [0.05, 0.1) is 0 Å². The lowest BCUT2D eigenvalue weighted by Gasteiger charge is -2.03. The lowest BCUT2D eigenvalue weighted by atomic mass is 10.1. The van der Waals surface area contributed by atoms with Crippen molar-refractivity contribution in [2.24, 2.45) is 5.92 Å². The van der Waals surface area contributed by atoms with Crippen LogP contribution in [0.1, 0.15) is 34.1 Å². The Bertz CT molecular complexity index is 117. The van der Waals surface area contributed by atoms with Gasteiger partial charge in [-0.1, -0.05) is 13.8 Å². The molecular weight excluding hydrogens is 168 g/mol. The molecule has 0 spiro atoms. The molecule has 0 rings (SSSR count). The second-order valence-corrected chi connectivity index (χ2v) is 3.34. The summed E-state index contributed by atoms with van der Waals surface area (Å²) in [6.45, 7) is 7.54. The van der Waals surface area contributed by atoms with E-state index in [4.69, 9.17) is 0 Å². The third-order valence-corrected chi connectivity index (χ3v) is 1.36. The van der Waals surface area contributed by atoms with Crippen LogP contribution in [0.15, 0.2) is 0 Å². The van der Waals surface area contributed by atoms with Crippen molar-refractivity contribution in [1.29, 1.82) is 0 Å². The second kappa shape index (κ2) is 9.68. The van der Waals surface area contributed by atoms with Crippen LogP contribution in [0.5, 0.6) is 0 Å². The normalized spacial score (nSPS) is 9.85. The third kappa shape index (κ3) is 18.5. The maximum Gasteiger partial charge on any atom is 0.154 e. The predicted molar refractivity (Wildman–Crippen MR) is 53.6 cm³/mol. The molecule has 0 radical (unpaired) electrons. The van der Waals surface area contributed by atoms with Crippen molar-refractivity contribution in [3.05, 3.63) is 0 Å². The number of methoxy groups -OCH3 is 2. The van der Waals surface area contributed by atoms with Crippen LogP contribution in [0, 0.1) is 5.92 Å². The Labute approximate surface area is 81.4 Å². The first-order chi connectivity index (χ1) is 5.93. The van der Waals surface area contributed by atoms with Crippen molar-refractivity contribution in [1.82, 2.24) is 0 Å². The number of ether oxygens (including phenoxy) is 2. The topological polar surface area (TPSA) is 35.5 Å². The highest BCUT2D eigenvalue weighted by molar-refractivity contribution is 5.75. The van der Waals surface area contributed by atoms with Crippen molar-refractivity contribution in [3.63, 3.8) is 0 Å². The number of carbonyl (C=O) groups is 1. The van der Waals surface area contributed by atoms with E-state index in [1.165, 1.54) is 0 Å². The highest BCUT2D eigenvalue weighted by Gasteiger charge is 1.95. The number of hydrogen-bond acceptors (Lipinski definition) is 3. The molecule has 0 aromatic rings. The van der Waals surface area contributed by atoms with Crippen molar-refractivity contribution in [2.45, 2.75) is 40.4 Å². The molecular formula is C10H22O3. The molecule has 0 saturated heterocycles. The summed E-state index contributed by atoms with van der Waals surface area (Å²) in [5.41, 5.74) is 0. The standard InChI is InChI=1S/C6H12O.C4H10O2/c1-5(2)4-6(3)7;1-4(5-2)6-3/h5H,4H2,1-3H3;4H,1-3H3. The zero-order valence-corrected chi connectivity index (χ0v) is 9.59. The van der Waals surface area contributed by atoms with Gasteiger partial charge in [0.15, 0.2) is 6.29 Å². The van der Waals surface area contributed by atoms with E-state index in [9.17, 15) is 4.79 Å². The van der Waals surface area contributed by atoms with E-state index in [1.54, 1.807) is 21.1 Å². The molecule has 3 nitrogen and oxygen atoms in total. The smallest absolute Gasteiger partial charge is 0.154 e. The number of Topliss-reactive ketones (excluding diaryl/α,β-unsaturated/α-hetero) is 1. The first-order valence-electron chi connectivity index (χ1n) is 4.49. The summed E-state index contributed by atoms with van der Waals surface area (Å²) in [5, 5.41) is 0. The highest BCUT2D eigenvalue weighted by atomic mass is 16.7. The Balaban J connectivity index is 0. The molecule has 0 bridgehead atoms. The molecule has 80 valence electrons. The maximum absolute atomic E-state index is 10.3. The minimum atomic E-state index is -0.0648. The summed E-state index contributed by atoms with van der Waals surface area (Å²) in [5.74, 6) is 0.813. The summed E-state index contributed by atoms with van der Waals surface area (Å²) < 4.78 is 9.35. The van der Waals surface area contributed by atoms with Gasteiger partial charge >= 0.3 is 0 Å². The second-order valence-electron chi connectivity index (χ2n) is 3.34. The fourth-order valence-corrected chi connectivity index (χ4v) is 0.671. The largest absolute Gasteiger partial charge is 0.356 e. The van der Waals surface area contributed by atoms with Gasteiger partial charge in [0, 0.05) is 20.6 Å². The lowest BCUT2D eigenvalue weighted by Crippen LogP contribution is -2.05. The maximum atomic E-state index is 10.3. The molecule has 0 aliphatic heterocycles. The first kappa shape index (κ1) is 15.1. The van der Waals surface area contributed by atoms with Gasteiger partial charge in [0.25, 0.3) is 0 Å². The van der Waals surface area contributed by atoms with Crippen LogP contribution in [0.2, 0.25) is 0 Å². The number of hydrogen-bond donors (Lipinski definition) is 0. The van der Waals surface area contributed by atoms with Gasteiger partial charge in [-0.15, -0.1) is 0 Å². The Morgan fingerprint density at radius 1 is 1.15 bits per heavy atom. The van der Waals surface area contributed by atoms with E-state index in [0.29, 0.717) is 5.92 Å². The Morgan fingerprint density at radius 2 is 1.54 bits per heavy atom. The molecule has 0 aliphatic rings. The lowest BCUT2D eigenvalue weighted by molar-refractivity contribution is -0.117. The quantitative estimate of drug-likeness (QED) is 0.638. The monoisotopic (exact) mass is 190 g/mol. The van der Waals surface area contributed by atoms with E-state index >= 15 is 0 Å². The zero-order valence-electron chi connectivity index (χ0n) is 9.59. The van der Waals surface area contributed by atoms with Gasteiger partial charge in [-0.2, -0.15) is 0 Å². The first-order valence-corrected chi connectivity index (χ1v) is 4.49. The SMILES string of the molecule is CC(=O)CC(C)C.COC(C)OC. The Kier molecular flexibility index (Phi) is 11.2. The van der Waals surface area contributed by atoms with Crippen molar-refractivity contribution in [2.75, 3.05) is 14.2 Å². The average Bonchev–Trinajstić information content (AvgIpc) is 2.01. The van der Waals surface area contributed by atoms with Crippen LogP contribution in [-0.2, 0) is 14.3 Å². The number of ketones is 1. The number of carbonyl (C=O) groups excluding carboxylic acids is 1. The fraction of sp³-hybridized carbons (Fsp3) is 0.900. The van der Waals surface area contributed by atoms with E-state index in [1.807, 2.05) is 20.8 Å². The molecule has 0 heterocycles. The molecule has 0 saturated carbocycles. The molecule has 0 amide bonds. The van der Waals surface area contributed by atoms with E-state index in [-0.39, 0.29) is 12.1 Å². The Morgan fingerprint density at radius 3 is 1.54 bits per heavy atom. The predicted octanol–water partition coefficient (Wildman–Crippen LogP) is 2.25. The summed E-state index contributed by atoms with van der Waals surface area (Å²) in [4.78, 5) is 10.3. The van der Waals surface area contributed by atoms with Gasteiger partial charge in [-0.3, -0.25) is 0 Å². The zero-order chi connectivity index (χ0) is 10.9. The van der Waals surface area contributed by atoms with E-state index in [0.717, 1.165) is 6.42 Å². The van der Waals surface area contributed by atoms with E-state index in [2.05, 4.69) is 9.47 Å². The van der Waals surface area contributed by atoms with Gasteiger partial charge in [-0.05, 0) is 19.8 Å². The van der Waals surface area contributed by atoms with Gasteiger partial charge in [-0.25, -0.2) is 0 Å². The molecule has 0 aromatic carbocycles. The van der Waals surface area contributed by atoms with Gasteiger partial charge in [0.2, 0.25) is 0 Å². The number of rotatable bonds is 4. The van der Waals surface area contributed by atoms with Gasteiger partial charge in [0.1, 0.15) is 5.78 Å². The minimum absolute atomic E-state index is 0.0648. The average molecular weight is 190 g/mol. The molecule has 0 unspecified atom stereocenters. The van der Waals surface area contributed by atoms with Crippen LogP contribution in [0.3, 0.4) is 0 Å². The van der Waals surface area contributed by atoms with E-state index < -0.39 is 0 Å². The van der Waals surface area contributed by atoms with Crippen LogP contribution < -0.4 is 0 Å². The highest BCUT2D eigenvalue weighted by Crippen LogP contribution is 1.97. The van der Waals surface area contributed by atoms with Crippen molar-refractivity contribution < 1.29 is 14.3 Å².